The topological polar surface area (TPSA) is 38.0 Å². The number of hydrogen-bond acceptors (Lipinski definition) is 2. The van der Waals surface area contributed by atoms with E-state index in [2.05, 4.69) is 31.1 Å². The van der Waals surface area contributed by atoms with Gasteiger partial charge >= 0.3 is 0 Å². The third-order valence-electron chi connectivity index (χ3n) is 2.73. The minimum absolute atomic E-state index is 0.360. The Kier molecular flexibility index (Phi) is 8.72. The molecule has 2 atom stereocenters. The molecule has 0 aliphatic rings. The fraction of sp³-hybridized carbons (Fsp3) is 0.833. The largest absolute Gasteiger partial charge is 0.271 e. The number of nitrogens with two attached hydrogens (primary N) is 1. The van der Waals surface area contributed by atoms with Crippen molar-refractivity contribution in [2.24, 2.45) is 11.8 Å². The Morgan fingerprint density at radius 1 is 1.36 bits per heavy atom. The molecule has 0 aromatic rings. The zero-order chi connectivity index (χ0) is 10.8. The van der Waals surface area contributed by atoms with E-state index in [9.17, 15) is 0 Å². The van der Waals surface area contributed by atoms with Gasteiger partial charge in [0.2, 0.25) is 0 Å². The molecule has 82 valence electrons. The predicted octanol–water partition coefficient (Wildman–Crippen LogP) is 2.45. The number of nitrogens with one attached hydrogen (secondary N) is 1. The van der Waals surface area contributed by atoms with E-state index < -0.39 is 0 Å². The molecule has 0 aromatic heterocycles. The van der Waals surface area contributed by atoms with E-state index in [0.717, 1.165) is 6.42 Å². The van der Waals surface area contributed by atoms with Crippen LogP contribution in [0.25, 0.3) is 0 Å². The van der Waals surface area contributed by atoms with Crippen LogP contribution in [0.5, 0.6) is 0 Å². The molecule has 0 aliphatic carbocycles. The fourth-order valence-corrected chi connectivity index (χ4v) is 1.73. The Hall–Kier alpha value is -0.520. The molecular formula is C12H24N2. The molecule has 0 fully saturated rings. The SMILES string of the molecule is CC#CCC(NN)C(CC)CCCC. The molecule has 0 rings (SSSR count). The molecule has 2 unspecified atom stereocenters. The molecule has 0 aromatic carbocycles. The average Bonchev–Trinajstić information content (AvgIpc) is 2.23. The Bertz CT molecular complexity index is 178. The number of hydrazine groups is 1. The zero-order valence-corrected chi connectivity index (χ0v) is 9.77. The van der Waals surface area contributed by atoms with Crippen LogP contribution in [0, 0.1) is 17.8 Å². The van der Waals surface area contributed by atoms with Crippen molar-refractivity contribution >= 4 is 0 Å². The molecular weight excluding hydrogens is 172 g/mol. The highest BCUT2D eigenvalue weighted by atomic mass is 15.2. The lowest BCUT2D eigenvalue weighted by molar-refractivity contribution is 0.324. The maximum absolute atomic E-state index is 5.54. The summed E-state index contributed by atoms with van der Waals surface area (Å²) >= 11 is 0. The predicted molar refractivity (Wildman–Crippen MR) is 62.5 cm³/mol. The molecule has 0 saturated carbocycles. The smallest absolute Gasteiger partial charge is 0.0348 e. The van der Waals surface area contributed by atoms with E-state index in [0.29, 0.717) is 12.0 Å². The van der Waals surface area contributed by atoms with Crippen molar-refractivity contribution in [2.45, 2.75) is 58.9 Å². The molecule has 0 aliphatic heterocycles. The van der Waals surface area contributed by atoms with Crippen molar-refractivity contribution in [3.8, 4) is 11.8 Å². The third-order valence-corrected chi connectivity index (χ3v) is 2.73. The van der Waals surface area contributed by atoms with Crippen LogP contribution < -0.4 is 11.3 Å². The fourth-order valence-electron chi connectivity index (χ4n) is 1.73. The van der Waals surface area contributed by atoms with Crippen molar-refractivity contribution < 1.29 is 0 Å². The van der Waals surface area contributed by atoms with Crippen LogP contribution >= 0.6 is 0 Å². The van der Waals surface area contributed by atoms with Gasteiger partial charge in [0.15, 0.2) is 0 Å². The van der Waals surface area contributed by atoms with Crippen molar-refractivity contribution in [1.82, 2.24) is 5.43 Å². The first kappa shape index (κ1) is 13.5. The minimum Gasteiger partial charge on any atom is -0.271 e. The maximum Gasteiger partial charge on any atom is 0.0348 e. The van der Waals surface area contributed by atoms with E-state index in [1.54, 1.807) is 0 Å². The highest BCUT2D eigenvalue weighted by molar-refractivity contribution is 4.99. The highest BCUT2D eigenvalue weighted by Gasteiger charge is 2.16. The van der Waals surface area contributed by atoms with Crippen LogP contribution in [0.1, 0.15) is 52.9 Å². The summed E-state index contributed by atoms with van der Waals surface area (Å²) in [4.78, 5) is 0. The van der Waals surface area contributed by atoms with Crippen molar-refractivity contribution in [1.29, 1.82) is 0 Å². The van der Waals surface area contributed by atoms with Gasteiger partial charge in [0, 0.05) is 12.5 Å². The van der Waals surface area contributed by atoms with Gasteiger partial charge in [-0.2, -0.15) is 0 Å². The number of rotatable bonds is 7. The van der Waals surface area contributed by atoms with Gasteiger partial charge in [0.05, 0.1) is 0 Å². The third kappa shape index (κ3) is 5.26. The van der Waals surface area contributed by atoms with Crippen molar-refractivity contribution in [3.63, 3.8) is 0 Å². The van der Waals surface area contributed by atoms with E-state index in [4.69, 9.17) is 5.84 Å². The van der Waals surface area contributed by atoms with E-state index in [1.807, 2.05) is 6.92 Å². The molecule has 0 spiro atoms. The van der Waals surface area contributed by atoms with Gasteiger partial charge < -0.3 is 0 Å². The summed E-state index contributed by atoms with van der Waals surface area (Å²) in [6, 6.07) is 0.360. The summed E-state index contributed by atoms with van der Waals surface area (Å²) in [5.74, 6) is 12.2. The summed E-state index contributed by atoms with van der Waals surface area (Å²) in [7, 11) is 0. The number of hydrogen-bond donors (Lipinski definition) is 2. The number of unbranched alkanes of at least 4 members (excludes halogenated alkanes) is 1. The van der Waals surface area contributed by atoms with E-state index in [1.165, 1.54) is 25.7 Å². The van der Waals surface area contributed by atoms with Crippen LogP contribution in [0.3, 0.4) is 0 Å². The van der Waals surface area contributed by atoms with Crippen LogP contribution in [0.4, 0.5) is 0 Å². The highest BCUT2D eigenvalue weighted by Crippen LogP contribution is 2.18. The monoisotopic (exact) mass is 196 g/mol. The molecule has 2 heteroatoms. The van der Waals surface area contributed by atoms with Gasteiger partial charge in [-0.3, -0.25) is 11.3 Å². The maximum atomic E-state index is 5.54. The van der Waals surface area contributed by atoms with E-state index >= 15 is 0 Å². The first-order valence-corrected chi connectivity index (χ1v) is 5.65. The molecule has 0 saturated heterocycles. The summed E-state index contributed by atoms with van der Waals surface area (Å²) in [6.07, 6.45) is 5.85. The second kappa shape index (κ2) is 9.05. The lowest BCUT2D eigenvalue weighted by atomic mass is 9.90. The molecule has 0 heterocycles. The first-order valence-electron chi connectivity index (χ1n) is 5.65. The summed E-state index contributed by atoms with van der Waals surface area (Å²) < 4.78 is 0. The summed E-state index contributed by atoms with van der Waals surface area (Å²) in [5.41, 5.74) is 2.89. The van der Waals surface area contributed by atoms with E-state index in [-0.39, 0.29) is 0 Å². The van der Waals surface area contributed by atoms with Gasteiger partial charge in [-0.1, -0.05) is 33.1 Å². The summed E-state index contributed by atoms with van der Waals surface area (Å²) in [6.45, 7) is 6.33. The molecule has 0 amide bonds. The minimum atomic E-state index is 0.360. The van der Waals surface area contributed by atoms with Crippen LogP contribution in [0.15, 0.2) is 0 Å². The lowest BCUT2D eigenvalue weighted by Crippen LogP contribution is -2.40. The lowest BCUT2D eigenvalue weighted by Gasteiger charge is -2.23. The Morgan fingerprint density at radius 2 is 2.07 bits per heavy atom. The quantitative estimate of drug-likeness (QED) is 0.373. The Morgan fingerprint density at radius 3 is 2.50 bits per heavy atom. The average molecular weight is 196 g/mol. The van der Waals surface area contributed by atoms with Gasteiger partial charge in [-0.05, 0) is 19.3 Å². The van der Waals surface area contributed by atoms with Crippen molar-refractivity contribution in [2.75, 3.05) is 0 Å². The van der Waals surface area contributed by atoms with Gasteiger partial charge in [0.25, 0.3) is 0 Å². The first-order chi connectivity index (χ1) is 6.79. The standard InChI is InChI=1S/C12H24N2/c1-4-7-9-11(6-3)12(14-13)10-8-5-2/h11-12,14H,4,6-7,9-10,13H2,1-3H3. The molecule has 3 N–H and O–H groups in total. The molecule has 0 radical (unpaired) electrons. The summed E-state index contributed by atoms with van der Waals surface area (Å²) in [5, 5.41) is 0. The second-order valence-corrected chi connectivity index (χ2v) is 3.71. The Balaban J connectivity index is 4.04. The van der Waals surface area contributed by atoms with Crippen LogP contribution in [-0.2, 0) is 0 Å². The molecule has 0 bridgehead atoms. The molecule has 2 nitrogen and oxygen atoms in total. The normalized spacial score (nSPS) is 14.3. The zero-order valence-electron chi connectivity index (χ0n) is 9.77. The van der Waals surface area contributed by atoms with Gasteiger partial charge in [-0.15, -0.1) is 11.8 Å². The van der Waals surface area contributed by atoms with Gasteiger partial charge in [-0.25, -0.2) is 0 Å². The van der Waals surface area contributed by atoms with Crippen LogP contribution in [-0.4, -0.2) is 6.04 Å². The van der Waals surface area contributed by atoms with Gasteiger partial charge in [0.1, 0.15) is 0 Å². The second-order valence-electron chi connectivity index (χ2n) is 3.71. The Labute approximate surface area is 88.6 Å². The molecule has 14 heavy (non-hydrogen) atoms. The van der Waals surface area contributed by atoms with Crippen molar-refractivity contribution in [3.05, 3.63) is 0 Å². The van der Waals surface area contributed by atoms with Crippen LogP contribution in [0.2, 0.25) is 0 Å².